The molecule has 1 aliphatic rings. The van der Waals surface area contributed by atoms with E-state index in [9.17, 15) is 4.79 Å². The van der Waals surface area contributed by atoms with Crippen molar-refractivity contribution >= 4 is 5.97 Å². The van der Waals surface area contributed by atoms with Gasteiger partial charge in [0.2, 0.25) is 0 Å². The number of nitrogens with one attached hydrogen (secondary N) is 1. The smallest absolute Gasteiger partial charge is 0.323 e. The topological polar surface area (TPSA) is 81.0 Å². The Morgan fingerprint density at radius 1 is 1.67 bits per heavy atom. The third-order valence-electron chi connectivity index (χ3n) is 3.47. The molecule has 100 valence electrons. The molecule has 0 amide bonds. The Kier molecular flexibility index (Phi) is 4.36. The summed E-state index contributed by atoms with van der Waals surface area (Å²) in [6, 6.07) is -0.609. The van der Waals surface area contributed by atoms with E-state index in [-0.39, 0.29) is 12.1 Å². The van der Waals surface area contributed by atoms with E-state index >= 15 is 0 Å². The molecule has 0 saturated heterocycles. The Labute approximate surface area is 107 Å². The molecular weight excluding hydrogens is 230 g/mol. The second kappa shape index (κ2) is 6.00. The molecule has 0 spiro atoms. The molecule has 2 unspecified atom stereocenters. The summed E-state index contributed by atoms with van der Waals surface area (Å²) in [5, 5.41) is 0. The molecule has 1 fully saturated rings. The van der Waals surface area contributed by atoms with Gasteiger partial charge in [0.1, 0.15) is 12.1 Å². The second-order valence-electron chi connectivity index (χ2n) is 5.22. The van der Waals surface area contributed by atoms with Crippen LogP contribution in [0.25, 0.3) is 0 Å². The van der Waals surface area contributed by atoms with Crippen molar-refractivity contribution in [2.75, 3.05) is 0 Å². The zero-order valence-corrected chi connectivity index (χ0v) is 10.8. The molecule has 18 heavy (non-hydrogen) atoms. The van der Waals surface area contributed by atoms with Crippen molar-refractivity contribution < 1.29 is 9.53 Å². The van der Waals surface area contributed by atoms with Gasteiger partial charge >= 0.3 is 5.97 Å². The van der Waals surface area contributed by atoms with E-state index in [0.717, 1.165) is 25.0 Å². The van der Waals surface area contributed by atoms with Crippen LogP contribution in [-0.4, -0.2) is 28.1 Å². The van der Waals surface area contributed by atoms with E-state index in [4.69, 9.17) is 10.5 Å². The lowest BCUT2D eigenvalue weighted by Crippen LogP contribution is -2.37. The van der Waals surface area contributed by atoms with Crippen LogP contribution >= 0.6 is 0 Å². The minimum atomic E-state index is -0.609. The maximum Gasteiger partial charge on any atom is 0.323 e. The second-order valence-corrected chi connectivity index (χ2v) is 5.22. The number of hydrogen-bond donors (Lipinski definition) is 2. The molecule has 5 heteroatoms. The molecule has 3 N–H and O–H groups in total. The summed E-state index contributed by atoms with van der Waals surface area (Å²) in [5.41, 5.74) is 6.70. The van der Waals surface area contributed by atoms with Gasteiger partial charge in [-0.1, -0.05) is 13.3 Å². The fraction of sp³-hybridized carbons (Fsp3) is 0.692. The maximum absolute atomic E-state index is 11.9. The van der Waals surface area contributed by atoms with Crippen molar-refractivity contribution in [2.24, 2.45) is 11.7 Å². The standard InChI is InChI=1S/C13H21N3O2/c1-9-3-2-4-11(5-9)18-13(17)12(14)6-10-7-15-8-16-10/h7-9,11-12H,2-6,14H2,1H3,(H,15,16)/t9?,11?,12-/m0/s1. The van der Waals surface area contributed by atoms with Gasteiger partial charge in [0, 0.05) is 18.3 Å². The number of nitrogens with zero attached hydrogens (tertiary/aromatic N) is 1. The fourth-order valence-electron chi connectivity index (χ4n) is 2.45. The van der Waals surface area contributed by atoms with E-state index < -0.39 is 6.04 Å². The highest BCUT2D eigenvalue weighted by Crippen LogP contribution is 2.25. The zero-order chi connectivity index (χ0) is 13.0. The zero-order valence-electron chi connectivity index (χ0n) is 10.8. The van der Waals surface area contributed by atoms with Crippen LogP contribution in [0, 0.1) is 5.92 Å². The van der Waals surface area contributed by atoms with E-state index in [1.54, 1.807) is 12.5 Å². The number of carbonyl (C=O) groups is 1. The molecule has 1 aromatic rings. The average Bonchev–Trinajstić information content (AvgIpc) is 2.81. The number of nitrogens with two attached hydrogens (primary N) is 1. The lowest BCUT2D eigenvalue weighted by Gasteiger charge is -2.27. The fourth-order valence-corrected chi connectivity index (χ4v) is 2.45. The average molecular weight is 251 g/mol. The maximum atomic E-state index is 11.9. The van der Waals surface area contributed by atoms with Crippen molar-refractivity contribution in [1.82, 2.24) is 9.97 Å². The molecule has 5 nitrogen and oxygen atoms in total. The highest BCUT2D eigenvalue weighted by molar-refractivity contribution is 5.76. The Bertz CT molecular complexity index is 378. The van der Waals surface area contributed by atoms with Crippen LogP contribution in [0.1, 0.15) is 38.3 Å². The van der Waals surface area contributed by atoms with Gasteiger partial charge in [-0.2, -0.15) is 0 Å². The van der Waals surface area contributed by atoms with E-state index in [1.807, 2.05) is 0 Å². The molecular formula is C13H21N3O2. The summed E-state index contributed by atoms with van der Waals surface area (Å²) in [6.07, 6.45) is 8.04. The first kappa shape index (κ1) is 13.1. The lowest BCUT2D eigenvalue weighted by molar-refractivity contribution is -0.152. The van der Waals surface area contributed by atoms with Crippen LogP contribution in [0.2, 0.25) is 0 Å². The number of rotatable bonds is 4. The van der Waals surface area contributed by atoms with Crippen molar-refractivity contribution in [3.63, 3.8) is 0 Å². The van der Waals surface area contributed by atoms with Gasteiger partial charge in [-0.25, -0.2) is 4.98 Å². The minimum Gasteiger partial charge on any atom is -0.461 e. The Morgan fingerprint density at radius 3 is 3.17 bits per heavy atom. The number of esters is 1. The summed E-state index contributed by atoms with van der Waals surface area (Å²) >= 11 is 0. The number of carbonyl (C=O) groups excluding carboxylic acids is 1. The van der Waals surface area contributed by atoms with Crippen LogP contribution in [0.5, 0.6) is 0 Å². The van der Waals surface area contributed by atoms with Crippen LogP contribution in [0.4, 0.5) is 0 Å². The Balaban J connectivity index is 1.79. The molecule has 0 aromatic carbocycles. The summed E-state index contributed by atoms with van der Waals surface area (Å²) < 4.78 is 5.47. The van der Waals surface area contributed by atoms with Crippen LogP contribution < -0.4 is 5.73 Å². The highest BCUT2D eigenvalue weighted by atomic mass is 16.5. The first-order valence-corrected chi connectivity index (χ1v) is 6.58. The molecule has 1 saturated carbocycles. The number of aromatic nitrogens is 2. The van der Waals surface area contributed by atoms with Crippen molar-refractivity contribution in [1.29, 1.82) is 0 Å². The van der Waals surface area contributed by atoms with E-state index in [2.05, 4.69) is 16.9 Å². The van der Waals surface area contributed by atoms with Gasteiger partial charge < -0.3 is 15.5 Å². The van der Waals surface area contributed by atoms with Crippen molar-refractivity contribution in [3.05, 3.63) is 18.2 Å². The first-order valence-electron chi connectivity index (χ1n) is 6.58. The first-order chi connectivity index (χ1) is 8.65. The van der Waals surface area contributed by atoms with Crippen molar-refractivity contribution in [2.45, 2.75) is 51.2 Å². The summed E-state index contributed by atoms with van der Waals surface area (Å²) in [5.74, 6) is 0.337. The van der Waals surface area contributed by atoms with Gasteiger partial charge in [0.05, 0.1) is 6.33 Å². The largest absolute Gasteiger partial charge is 0.461 e. The SMILES string of the molecule is CC1CCCC(OC(=O)[C@@H](N)Cc2cnc[nH]2)C1. The monoisotopic (exact) mass is 251 g/mol. The Morgan fingerprint density at radius 2 is 2.50 bits per heavy atom. The molecule has 2 rings (SSSR count). The lowest BCUT2D eigenvalue weighted by atomic mass is 9.89. The van der Waals surface area contributed by atoms with Gasteiger partial charge in [0.25, 0.3) is 0 Å². The molecule has 0 aliphatic heterocycles. The minimum absolute atomic E-state index is 0.0501. The van der Waals surface area contributed by atoms with Gasteiger partial charge in [-0.3, -0.25) is 4.79 Å². The summed E-state index contributed by atoms with van der Waals surface area (Å²) in [4.78, 5) is 18.7. The van der Waals surface area contributed by atoms with Gasteiger partial charge in [-0.15, -0.1) is 0 Å². The highest BCUT2D eigenvalue weighted by Gasteiger charge is 2.25. The number of imidazole rings is 1. The van der Waals surface area contributed by atoms with Gasteiger partial charge in [-0.05, 0) is 25.2 Å². The van der Waals surface area contributed by atoms with Crippen LogP contribution in [-0.2, 0) is 16.0 Å². The number of H-pyrrole nitrogens is 1. The predicted octanol–water partition coefficient (Wildman–Crippen LogP) is 1.40. The molecule has 1 heterocycles. The molecule has 0 bridgehead atoms. The molecule has 1 aliphatic carbocycles. The molecule has 1 aromatic heterocycles. The van der Waals surface area contributed by atoms with Gasteiger partial charge in [0.15, 0.2) is 0 Å². The van der Waals surface area contributed by atoms with Crippen LogP contribution in [0.3, 0.4) is 0 Å². The third-order valence-corrected chi connectivity index (χ3v) is 3.47. The number of aromatic amines is 1. The summed E-state index contributed by atoms with van der Waals surface area (Å²) in [6.45, 7) is 2.20. The molecule has 0 radical (unpaired) electrons. The van der Waals surface area contributed by atoms with E-state index in [0.29, 0.717) is 12.3 Å². The Hall–Kier alpha value is -1.36. The quantitative estimate of drug-likeness (QED) is 0.793. The normalized spacial score (nSPS) is 25.7. The molecule has 3 atom stereocenters. The van der Waals surface area contributed by atoms with E-state index in [1.165, 1.54) is 6.42 Å². The number of hydrogen-bond acceptors (Lipinski definition) is 4. The number of ether oxygens (including phenoxy) is 1. The third kappa shape index (κ3) is 3.57. The van der Waals surface area contributed by atoms with Crippen LogP contribution in [0.15, 0.2) is 12.5 Å². The van der Waals surface area contributed by atoms with Crippen molar-refractivity contribution in [3.8, 4) is 0 Å². The predicted molar refractivity (Wildman–Crippen MR) is 67.8 cm³/mol. The summed E-state index contributed by atoms with van der Waals surface area (Å²) in [7, 11) is 0.